The average Bonchev–Trinajstić information content (AvgIpc) is 2.55. The summed E-state index contributed by atoms with van der Waals surface area (Å²) in [5, 5.41) is 6.59. The summed E-state index contributed by atoms with van der Waals surface area (Å²) in [6, 6.07) is 14.0. The van der Waals surface area contributed by atoms with Gasteiger partial charge in [-0.1, -0.05) is 47.5 Å². The highest BCUT2D eigenvalue weighted by Gasteiger charge is 2.27. The van der Waals surface area contributed by atoms with E-state index in [4.69, 9.17) is 27.9 Å². The Morgan fingerprint density at radius 2 is 1.91 bits per heavy atom. The van der Waals surface area contributed by atoms with E-state index in [1.54, 1.807) is 37.4 Å². The van der Waals surface area contributed by atoms with Gasteiger partial charge < -0.3 is 15.4 Å². The van der Waals surface area contributed by atoms with Gasteiger partial charge >= 0.3 is 6.03 Å². The predicted molar refractivity (Wildman–Crippen MR) is 94.3 cm³/mol. The van der Waals surface area contributed by atoms with Gasteiger partial charge in [-0.3, -0.25) is 0 Å². The lowest BCUT2D eigenvalue weighted by molar-refractivity contribution is 0.00521. The maximum Gasteiger partial charge on any atom is 0.319 e. The van der Waals surface area contributed by atoms with Crippen LogP contribution in [-0.2, 0) is 10.3 Å². The van der Waals surface area contributed by atoms with Crippen molar-refractivity contribution in [2.24, 2.45) is 0 Å². The van der Waals surface area contributed by atoms with Gasteiger partial charge in [0.15, 0.2) is 0 Å². The zero-order chi connectivity index (χ0) is 16.9. The number of halogens is 2. The van der Waals surface area contributed by atoms with Crippen molar-refractivity contribution in [2.75, 3.05) is 19.0 Å². The highest BCUT2D eigenvalue weighted by molar-refractivity contribution is 6.33. The molecule has 0 fully saturated rings. The Morgan fingerprint density at radius 3 is 2.57 bits per heavy atom. The van der Waals surface area contributed by atoms with Gasteiger partial charge in [0, 0.05) is 12.1 Å². The van der Waals surface area contributed by atoms with Crippen LogP contribution in [0.3, 0.4) is 0 Å². The molecule has 0 aliphatic heterocycles. The van der Waals surface area contributed by atoms with Crippen molar-refractivity contribution in [3.05, 3.63) is 64.1 Å². The Morgan fingerprint density at radius 1 is 1.17 bits per heavy atom. The van der Waals surface area contributed by atoms with Crippen LogP contribution in [0, 0.1) is 0 Å². The van der Waals surface area contributed by atoms with Crippen molar-refractivity contribution in [2.45, 2.75) is 12.5 Å². The minimum Gasteiger partial charge on any atom is -0.372 e. The predicted octanol–water partition coefficient (Wildman–Crippen LogP) is 4.68. The van der Waals surface area contributed by atoms with Crippen LogP contribution in [0.15, 0.2) is 48.5 Å². The molecule has 0 spiro atoms. The summed E-state index contributed by atoms with van der Waals surface area (Å²) >= 11 is 12.0. The second kappa shape index (κ2) is 7.68. The fourth-order valence-electron chi connectivity index (χ4n) is 2.09. The first kappa shape index (κ1) is 17.6. The second-order valence-electron chi connectivity index (χ2n) is 5.23. The minimum absolute atomic E-state index is 0.278. The lowest BCUT2D eigenvalue weighted by Crippen LogP contribution is -2.41. The number of carbonyl (C=O) groups is 1. The molecule has 1 atom stereocenters. The number of nitrogens with one attached hydrogen (secondary N) is 2. The zero-order valence-electron chi connectivity index (χ0n) is 12.9. The van der Waals surface area contributed by atoms with Crippen LogP contribution in [0.25, 0.3) is 0 Å². The molecule has 0 saturated carbocycles. The third-order valence-electron chi connectivity index (χ3n) is 3.59. The van der Waals surface area contributed by atoms with Crippen LogP contribution in [0.5, 0.6) is 0 Å². The summed E-state index contributed by atoms with van der Waals surface area (Å²) in [6.07, 6.45) is 0. The molecule has 0 heterocycles. The van der Waals surface area contributed by atoms with E-state index < -0.39 is 5.60 Å². The number of hydrogen-bond donors (Lipinski definition) is 2. The lowest BCUT2D eigenvalue weighted by atomic mass is 9.96. The van der Waals surface area contributed by atoms with E-state index in [2.05, 4.69) is 10.6 Å². The molecule has 2 rings (SSSR count). The number of urea groups is 1. The number of ether oxygens (including phenoxy) is 1. The van der Waals surface area contributed by atoms with E-state index in [9.17, 15) is 4.79 Å². The highest BCUT2D eigenvalue weighted by Crippen LogP contribution is 2.26. The van der Waals surface area contributed by atoms with Gasteiger partial charge in [-0.05, 0) is 36.8 Å². The normalized spacial score (nSPS) is 13.2. The number of amides is 2. The van der Waals surface area contributed by atoms with E-state index in [1.165, 1.54) is 0 Å². The quantitative estimate of drug-likeness (QED) is 0.820. The van der Waals surface area contributed by atoms with Gasteiger partial charge in [-0.25, -0.2) is 4.79 Å². The molecule has 0 radical (unpaired) electrons. The van der Waals surface area contributed by atoms with Crippen LogP contribution >= 0.6 is 23.2 Å². The number of para-hydroxylation sites is 1. The van der Waals surface area contributed by atoms with Crippen molar-refractivity contribution in [1.29, 1.82) is 0 Å². The summed E-state index contributed by atoms with van der Waals surface area (Å²) in [5.41, 5.74) is 0.738. The molecule has 0 bridgehead atoms. The smallest absolute Gasteiger partial charge is 0.319 e. The summed E-state index contributed by atoms with van der Waals surface area (Å²) < 4.78 is 5.58. The minimum atomic E-state index is -0.692. The fourth-order valence-corrected chi connectivity index (χ4v) is 2.46. The lowest BCUT2D eigenvalue weighted by Gasteiger charge is -2.29. The Balaban J connectivity index is 2.02. The van der Waals surface area contributed by atoms with Crippen LogP contribution in [0.2, 0.25) is 10.0 Å². The summed E-state index contributed by atoms with van der Waals surface area (Å²) in [6.45, 7) is 2.16. The third-order valence-corrected chi connectivity index (χ3v) is 4.16. The SMILES string of the molecule is CO[C@@](C)(CNC(=O)Nc1ccccc1Cl)c1cccc(Cl)c1. The second-order valence-corrected chi connectivity index (χ2v) is 6.08. The first-order chi connectivity index (χ1) is 10.9. The number of anilines is 1. The van der Waals surface area contributed by atoms with E-state index >= 15 is 0 Å². The largest absolute Gasteiger partial charge is 0.372 e. The highest BCUT2D eigenvalue weighted by atomic mass is 35.5. The summed E-state index contributed by atoms with van der Waals surface area (Å²) in [5.74, 6) is 0. The molecule has 2 amide bonds. The maximum absolute atomic E-state index is 12.1. The van der Waals surface area contributed by atoms with E-state index in [0.717, 1.165) is 5.56 Å². The van der Waals surface area contributed by atoms with Crippen LogP contribution in [-0.4, -0.2) is 19.7 Å². The van der Waals surface area contributed by atoms with Gasteiger partial charge in [0.05, 0.1) is 17.3 Å². The number of hydrogen-bond acceptors (Lipinski definition) is 2. The Bertz CT molecular complexity index is 694. The Labute approximate surface area is 145 Å². The van der Waals surface area contributed by atoms with Gasteiger partial charge in [0.2, 0.25) is 0 Å². The first-order valence-corrected chi connectivity index (χ1v) is 7.81. The Kier molecular flexibility index (Phi) is 5.88. The van der Waals surface area contributed by atoms with Gasteiger partial charge in [0.1, 0.15) is 5.60 Å². The van der Waals surface area contributed by atoms with Crippen LogP contribution in [0.1, 0.15) is 12.5 Å². The molecule has 0 aliphatic rings. The molecule has 2 N–H and O–H groups in total. The van der Waals surface area contributed by atoms with Crippen molar-refractivity contribution in [3.8, 4) is 0 Å². The van der Waals surface area contributed by atoms with E-state index in [0.29, 0.717) is 15.7 Å². The standard InChI is InChI=1S/C17H18Cl2N2O2/c1-17(23-2,12-6-5-7-13(18)10-12)11-20-16(22)21-15-9-4-3-8-14(15)19/h3-10H,11H2,1-2H3,(H2,20,21,22)/t17-/m0/s1. The van der Waals surface area contributed by atoms with Crippen molar-refractivity contribution in [1.82, 2.24) is 5.32 Å². The molecule has 0 saturated heterocycles. The van der Waals surface area contributed by atoms with Crippen molar-refractivity contribution in [3.63, 3.8) is 0 Å². The van der Waals surface area contributed by atoms with E-state index in [-0.39, 0.29) is 12.6 Å². The number of carbonyl (C=O) groups excluding carboxylic acids is 1. The van der Waals surface area contributed by atoms with Gasteiger partial charge in [-0.15, -0.1) is 0 Å². The molecule has 23 heavy (non-hydrogen) atoms. The van der Waals surface area contributed by atoms with Crippen LogP contribution in [0.4, 0.5) is 10.5 Å². The molecular weight excluding hydrogens is 335 g/mol. The Hall–Kier alpha value is -1.75. The maximum atomic E-state index is 12.1. The molecule has 0 aliphatic carbocycles. The van der Waals surface area contributed by atoms with Crippen molar-refractivity contribution >= 4 is 34.9 Å². The third kappa shape index (κ3) is 4.61. The molecule has 0 aromatic heterocycles. The molecular formula is C17H18Cl2N2O2. The molecule has 4 nitrogen and oxygen atoms in total. The molecule has 2 aromatic carbocycles. The van der Waals surface area contributed by atoms with Gasteiger partial charge in [-0.2, -0.15) is 0 Å². The van der Waals surface area contributed by atoms with E-state index in [1.807, 2.05) is 25.1 Å². The zero-order valence-corrected chi connectivity index (χ0v) is 14.4. The number of methoxy groups -OCH3 is 1. The van der Waals surface area contributed by atoms with Crippen LogP contribution < -0.4 is 10.6 Å². The molecule has 122 valence electrons. The number of benzene rings is 2. The fraction of sp³-hybridized carbons (Fsp3) is 0.235. The van der Waals surface area contributed by atoms with Gasteiger partial charge in [0.25, 0.3) is 0 Å². The molecule has 6 heteroatoms. The molecule has 2 aromatic rings. The molecule has 0 unspecified atom stereocenters. The summed E-state index contributed by atoms with van der Waals surface area (Å²) in [4.78, 5) is 12.1. The number of rotatable bonds is 5. The first-order valence-electron chi connectivity index (χ1n) is 7.05. The van der Waals surface area contributed by atoms with Crippen molar-refractivity contribution < 1.29 is 9.53 Å². The monoisotopic (exact) mass is 352 g/mol. The summed E-state index contributed by atoms with van der Waals surface area (Å²) in [7, 11) is 1.59. The topological polar surface area (TPSA) is 50.4 Å². The average molecular weight is 353 g/mol.